The van der Waals surface area contributed by atoms with E-state index in [0.717, 1.165) is 31.2 Å². The quantitative estimate of drug-likeness (QED) is 0.790. The van der Waals surface area contributed by atoms with Crippen molar-refractivity contribution in [1.82, 2.24) is 0 Å². The Labute approximate surface area is 118 Å². The van der Waals surface area contributed by atoms with Gasteiger partial charge >= 0.3 is 0 Å². The van der Waals surface area contributed by atoms with E-state index in [1.807, 2.05) is 24.3 Å². The molecule has 1 aromatic rings. The third kappa shape index (κ3) is 2.14. The molecule has 2 fully saturated rings. The molecule has 1 heterocycles. The SMILES string of the molecule is N#CC1(c2ccccc2Cl)CCC2(CC1)OCCO2. The summed E-state index contributed by atoms with van der Waals surface area (Å²) in [6.07, 6.45) is 2.97. The van der Waals surface area contributed by atoms with E-state index in [1.54, 1.807) is 0 Å². The van der Waals surface area contributed by atoms with Crippen LogP contribution < -0.4 is 0 Å². The predicted molar refractivity (Wildman–Crippen MR) is 71.8 cm³/mol. The van der Waals surface area contributed by atoms with Crippen molar-refractivity contribution in [1.29, 1.82) is 5.26 Å². The van der Waals surface area contributed by atoms with E-state index in [9.17, 15) is 5.26 Å². The van der Waals surface area contributed by atoms with Gasteiger partial charge in [0, 0.05) is 17.9 Å². The third-order valence-corrected chi connectivity index (χ3v) is 4.61. The van der Waals surface area contributed by atoms with Crippen LogP contribution in [0.2, 0.25) is 5.02 Å². The second kappa shape index (κ2) is 4.79. The summed E-state index contributed by atoms with van der Waals surface area (Å²) in [6.45, 7) is 1.32. The standard InChI is InChI=1S/C15H16ClNO2/c16-13-4-2-1-3-12(13)14(11-17)5-7-15(8-6-14)18-9-10-19-15/h1-4H,5-10H2. The predicted octanol–water partition coefficient (Wildman–Crippen LogP) is 3.42. The molecule has 1 aliphatic carbocycles. The second-order valence-corrected chi connectivity index (χ2v) is 5.69. The molecular formula is C15H16ClNO2. The van der Waals surface area contributed by atoms with E-state index >= 15 is 0 Å². The largest absolute Gasteiger partial charge is 0.348 e. The summed E-state index contributed by atoms with van der Waals surface area (Å²) < 4.78 is 11.4. The van der Waals surface area contributed by atoms with Crippen molar-refractivity contribution >= 4 is 11.6 Å². The zero-order valence-electron chi connectivity index (χ0n) is 10.7. The molecule has 3 nitrogen and oxygen atoms in total. The zero-order chi connectivity index (χ0) is 13.3. The third-order valence-electron chi connectivity index (χ3n) is 4.28. The lowest BCUT2D eigenvalue weighted by Gasteiger charge is -2.40. The average Bonchev–Trinajstić information content (AvgIpc) is 2.90. The monoisotopic (exact) mass is 277 g/mol. The van der Waals surface area contributed by atoms with Crippen LogP contribution in [0.4, 0.5) is 0 Å². The van der Waals surface area contributed by atoms with Crippen LogP contribution in [0, 0.1) is 11.3 Å². The molecule has 0 N–H and O–H groups in total. The van der Waals surface area contributed by atoms with Gasteiger partial charge in [0.15, 0.2) is 5.79 Å². The molecular weight excluding hydrogens is 262 g/mol. The fraction of sp³-hybridized carbons (Fsp3) is 0.533. The van der Waals surface area contributed by atoms with Gasteiger partial charge in [-0.3, -0.25) is 0 Å². The van der Waals surface area contributed by atoms with Crippen molar-refractivity contribution in [3.05, 3.63) is 34.9 Å². The fourth-order valence-corrected chi connectivity index (χ4v) is 3.45. The minimum atomic E-state index is -0.501. The van der Waals surface area contributed by atoms with Crippen LogP contribution in [0.5, 0.6) is 0 Å². The Hall–Kier alpha value is -1.08. The van der Waals surface area contributed by atoms with Crippen molar-refractivity contribution in [2.45, 2.75) is 36.9 Å². The average molecular weight is 278 g/mol. The first-order chi connectivity index (χ1) is 9.20. The molecule has 0 atom stereocenters. The topological polar surface area (TPSA) is 42.2 Å². The zero-order valence-corrected chi connectivity index (χ0v) is 11.4. The van der Waals surface area contributed by atoms with Crippen molar-refractivity contribution < 1.29 is 9.47 Å². The van der Waals surface area contributed by atoms with Gasteiger partial charge in [-0.15, -0.1) is 0 Å². The Morgan fingerprint density at radius 2 is 1.68 bits per heavy atom. The van der Waals surface area contributed by atoms with Crippen LogP contribution in [-0.2, 0) is 14.9 Å². The summed E-state index contributed by atoms with van der Waals surface area (Å²) in [7, 11) is 0. The Bertz CT molecular complexity index is 507. The van der Waals surface area contributed by atoms with Crippen LogP contribution in [0.3, 0.4) is 0 Å². The van der Waals surface area contributed by atoms with Crippen LogP contribution in [0.1, 0.15) is 31.2 Å². The van der Waals surface area contributed by atoms with Crippen LogP contribution in [0.15, 0.2) is 24.3 Å². The lowest BCUT2D eigenvalue weighted by atomic mass is 9.68. The summed E-state index contributed by atoms with van der Waals surface area (Å²) in [5, 5.41) is 10.3. The van der Waals surface area contributed by atoms with E-state index in [4.69, 9.17) is 21.1 Å². The minimum Gasteiger partial charge on any atom is -0.348 e. The molecule has 3 rings (SSSR count). The lowest BCUT2D eigenvalue weighted by molar-refractivity contribution is -0.182. The fourth-order valence-electron chi connectivity index (χ4n) is 3.13. The van der Waals surface area contributed by atoms with Crippen LogP contribution in [0.25, 0.3) is 0 Å². The molecule has 0 unspecified atom stereocenters. The molecule has 19 heavy (non-hydrogen) atoms. The lowest BCUT2D eigenvalue weighted by Crippen LogP contribution is -2.41. The molecule has 2 aliphatic rings. The highest BCUT2D eigenvalue weighted by Gasteiger charge is 2.47. The molecule has 0 radical (unpaired) electrons. The molecule has 1 spiro atoms. The number of nitriles is 1. The minimum absolute atomic E-state index is 0.443. The Balaban J connectivity index is 1.87. The number of benzene rings is 1. The summed E-state index contributed by atoms with van der Waals surface area (Å²) in [6, 6.07) is 10.1. The first-order valence-corrected chi connectivity index (χ1v) is 7.02. The van der Waals surface area contributed by atoms with Gasteiger partial charge in [0.05, 0.1) is 24.7 Å². The maximum absolute atomic E-state index is 9.66. The molecule has 100 valence electrons. The number of hydrogen-bond acceptors (Lipinski definition) is 3. The van der Waals surface area contributed by atoms with Gasteiger partial charge in [-0.2, -0.15) is 5.26 Å². The maximum Gasteiger partial charge on any atom is 0.168 e. The number of ether oxygens (including phenoxy) is 2. The van der Waals surface area contributed by atoms with Gasteiger partial charge in [-0.05, 0) is 24.5 Å². The molecule has 1 aromatic carbocycles. The first-order valence-electron chi connectivity index (χ1n) is 6.64. The van der Waals surface area contributed by atoms with E-state index in [2.05, 4.69) is 6.07 Å². The van der Waals surface area contributed by atoms with Crippen molar-refractivity contribution in [2.24, 2.45) is 0 Å². The molecule has 0 amide bonds. The number of hydrogen-bond donors (Lipinski definition) is 0. The summed E-state index contributed by atoms with van der Waals surface area (Å²) in [5.41, 5.74) is 0.436. The van der Waals surface area contributed by atoms with Gasteiger partial charge < -0.3 is 9.47 Å². The van der Waals surface area contributed by atoms with E-state index in [1.165, 1.54) is 0 Å². The highest BCUT2D eigenvalue weighted by Crippen LogP contribution is 2.47. The van der Waals surface area contributed by atoms with Crippen molar-refractivity contribution in [2.75, 3.05) is 13.2 Å². The van der Waals surface area contributed by atoms with Crippen molar-refractivity contribution in [3.63, 3.8) is 0 Å². The van der Waals surface area contributed by atoms with Gasteiger partial charge in [0.1, 0.15) is 0 Å². The van der Waals surface area contributed by atoms with Crippen LogP contribution in [-0.4, -0.2) is 19.0 Å². The first kappa shape index (κ1) is 12.9. The number of halogens is 1. The highest BCUT2D eigenvalue weighted by atomic mass is 35.5. The molecule has 1 aliphatic heterocycles. The Morgan fingerprint density at radius 1 is 1.05 bits per heavy atom. The van der Waals surface area contributed by atoms with Gasteiger partial charge in [0.25, 0.3) is 0 Å². The number of rotatable bonds is 1. The molecule has 1 saturated heterocycles. The maximum atomic E-state index is 9.66. The molecule has 4 heteroatoms. The Kier molecular flexibility index (Phi) is 3.26. The highest BCUT2D eigenvalue weighted by molar-refractivity contribution is 6.31. The summed E-state index contributed by atoms with van der Waals surface area (Å²) >= 11 is 6.26. The summed E-state index contributed by atoms with van der Waals surface area (Å²) in [5.74, 6) is -0.443. The Morgan fingerprint density at radius 3 is 2.26 bits per heavy atom. The normalized spacial score (nSPS) is 24.2. The van der Waals surface area contributed by atoms with E-state index < -0.39 is 11.2 Å². The second-order valence-electron chi connectivity index (χ2n) is 5.28. The molecule has 0 aromatic heterocycles. The smallest absolute Gasteiger partial charge is 0.168 e. The van der Waals surface area contributed by atoms with Gasteiger partial charge in [0.2, 0.25) is 0 Å². The van der Waals surface area contributed by atoms with E-state index in [-0.39, 0.29) is 0 Å². The summed E-state index contributed by atoms with van der Waals surface area (Å²) in [4.78, 5) is 0. The van der Waals surface area contributed by atoms with Crippen LogP contribution >= 0.6 is 11.6 Å². The van der Waals surface area contributed by atoms with Gasteiger partial charge in [-0.1, -0.05) is 29.8 Å². The van der Waals surface area contributed by atoms with E-state index in [0.29, 0.717) is 18.2 Å². The van der Waals surface area contributed by atoms with Crippen molar-refractivity contribution in [3.8, 4) is 6.07 Å². The molecule has 0 bridgehead atoms. The molecule has 1 saturated carbocycles. The van der Waals surface area contributed by atoms with Gasteiger partial charge in [-0.25, -0.2) is 0 Å². The number of nitrogens with zero attached hydrogens (tertiary/aromatic N) is 1.